The van der Waals surface area contributed by atoms with E-state index < -0.39 is 0 Å². The molecule has 2 nitrogen and oxygen atoms in total. The topological polar surface area (TPSA) is 24.9 Å². The van der Waals surface area contributed by atoms with Crippen LogP contribution in [0.2, 0.25) is 0 Å². The monoisotopic (exact) mass is 244 g/mol. The first-order valence-corrected chi connectivity index (χ1v) is 6.18. The van der Waals surface area contributed by atoms with Gasteiger partial charge in [-0.3, -0.25) is 4.98 Å². The molecular weight excluding hydrogens is 227 g/mol. The Labute approximate surface area is 107 Å². The third-order valence-electron chi connectivity index (χ3n) is 2.85. The molecule has 1 heterocycles. The van der Waals surface area contributed by atoms with Gasteiger partial charge < -0.3 is 5.32 Å². The Morgan fingerprint density at radius 3 is 2.56 bits per heavy atom. The van der Waals surface area contributed by atoms with Crippen molar-refractivity contribution in [3.05, 3.63) is 65.7 Å². The van der Waals surface area contributed by atoms with Crippen LogP contribution in [0.3, 0.4) is 0 Å². The Morgan fingerprint density at radius 2 is 1.94 bits per heavy atom. The summed E-state index contributed by atoms with van der Waals surface area (Å²) in [6.45, 7) is 2.95. The molecule has 18 heavy (non-hydrogen) atoms. The standard InChI is InChI=1S/C15H17FN2/c1-2-17-15(14-5-3-4-10-18-14)11-12-6-8-13(16)9-7-12/h3-10,15,17H,2,11H2,1H3. The minimum absolute atomic E-state index is 0.168. The largest absolute Gasteiger partial charge is 0.309 e. The number of aromatic nitrogens is 1. The predicted molar refractivity (Wildman–Crippen MR) is 70.8 cm³/mol. The van der Waals surface area contributed by atoms with Crippen molar-refractivity contribution >= 4 is 0 Å². The molecule has 1 aromatic heterocycles. The molecular formula is C15H17FN2. The lowest BCUT2D eigenvalue weighted by Gasteiger charge is -2.17. The van der Waals surface area contributed by atoms with E-state index in [2.05, 4.69) is 17.2 Å². The Bertz CT molecular complexity index is 468. The fourth-order valence-electron chi connectivity index (χ4n) is 1.97. The molecule has 0 saturated heterocycles. The minimum Gasteiger partial charge on any atom is -0.309 e. The number of hydrogen-bond donors (Lipinski definition) is 1. The highest BCUT2D eigenvalue weighted by Crippen LogP contribution is 2.16. The van der Waals surface area contributed by atoms with E-state index in [1.165, 1.54) is 12.1 Å². The van der Waals surface area contributed by atoms with Gasteiger partial charge in [0.25, 0.3) is 0 Å². The summed E-state index contributed by atoms with van der Waals surface area (Å²) < 4.78 is 12.9. The smallest absolute Gasteiger partial charge is 0.123 e. The highest BCUT2D eigenvalue weighted by Gasteiger charge is 2.11. The molecule has 0 aliphatic carbocycles. The summed E-state index contributed by atoms with van der Waals surface area (Å²) in [5.74, 6) is -0.198. The van der Waals surface area contributed by atoms with Crippen LogP contribution in [0, 0.1) is 5.82 Å². The lowest BCUT2D eigenvalue weighted by molar-refractivity contribution is 0.536. The van der Waals surface area contributed by atoms with E-state index >= 15 is 0 Å². The second-order valence-electron chi connectivity index (χ2n) is 4.20. The van der Waals surface area contributed by atoms with Gasteiger partial charge in [-0.15, -0.1) is 0 Å². The molecule has 0 amide bonds. The van der Waals surface area contributed by atoms with Crippen LogP contribution in [0.5, 0.6) is 0 Å². The van der Waals surface area contributed by atoms with E-state index in [0.717, 1.165) is 24.2 Å². The summed E-state index contributed by atoms with van der Waals surface area (Å²) in [6.07, 6.45) is 2.61. The molecule has 3 heteroatoms. The Kier molecular flexibility index (Phi) is 4.42. The average molecular weight is 244 g/mol. The number of hydrogen-bond acceptors (Lipinski definition) is 2. The fourth-order valence-corrected chi connectivity index (χ4v) is 1.97. The van der Waals surface area contributed by atoms with E-state index in [1.807, 2.05) is 30.3 Å². The maximum atomic E-state index is 12.9. The van der Waals surface area contributed by atoms with Crippen molar-refractivity contribution in [1.82, 2.24) is 10.3 Å². The zero-order valence-electron chi connectivity index (χ0n) is 10.4. The van der Waals surface area contributed by atoms with E-state index in [9.17, 15) is 4.39 Å². The molecule has 1 aromatic carbocycles. The van der Waals surface area contributed by atoms with Crippen molar-refractivity contribution < 1.29 is 4.39 Å². The number of nitrogens with one attached hydrogen (secondary N) is 1. The summed E-state index contributed by atoms with van der Waals surface area (Å²) in [5, 5.41) is 3.41. The Hall–Kier alpha value is -1.74. The van der Waals surface area contributed by atoms with Crippen LogP contribution in [0.1, 0.15) is 24.2 Å². The molecule has 0 radical (unpaired) electrons. The quantitative estimate of drug-likeness (QED) is 0.874. The summed E-state index contributed by atoms with van der Waals surface area (Å²) in [5.41, 5.74) is 2.12. The molecule has 0 fully saturated rings. The van der Waals surface area contributed by atoms with Crippen molar-refractivity contribution in [1.29, 1.82) is 0 Å². The molecule has 1 unspecified atom stereocenters. The van der Waals surface area contributed by atoms with Crippen molar-refractivity contribution in [2.45, 2.75) is 19.4 Å². The van der Waals surface area contributed by atoms with E-state index in [0.29, 0.717) is 0 Å². The van der Waals surface area contributed by atoms with Crippen LogP contribution in [-0.4, -0.2) is 11.5 Å². The summed E-state index contributed by atoms with van der Waals surface area (Å²) in [7, 11) is 0. The molecule has 0 aliphatic rings. The van der Waals surface area contributed by atoms with Gasteiger partial charge in [0.1, 0.15) is 5.82 Å². The van der Waals surface area contributed by atoms with Gasteiger partial charge in [-0.25, -0.2) is 4.39 Å². The number of benzene rings is 1. The highest BCUT2D eigenvalue weighted by atomic mass is 19.1. The maximum absolute atomic E-state index is 12.9. The number of rotatable bonds is 5. The molecule has 0 aliphatic heterocycles. The maximum Gasteiger partial charge on any atom is 0.123 e. The van der Waals surface area contributed by atoms with E-state index in [4.69, 9.17) is 0 Å². The molecule has 1 atom stereocenters. The molecule has 0 bridgehead atoms. The van der Waals surface area contributed by atoms with Crippen molar-refractivity contribution in [2.75, 3.05) is 6.54 Å². The minimum atomic E-state index is -0.198. The summed E-state index contributed by atoms with van der Waals surface area (Å²) in [6, 6.07) is 12.7. The Morgan fingerprint density at radius 1 is 1.17 bits per heavy atom. The van der Waals surface area contributed by atoms with Gasteiger partial charge in [0, 0.05) is 6.20 Å². The van der Waals surface area contributed by atoms with Gasteiger partial charge >= 0.3 is 0 Å². The molecule has 1 N–H and O–H groups in total. The lowest BCUT2D eigenvalue weighted by atomic mass is 10.0. The average Bonchev–Trinajstić information content (AvgIpc) is 2.42. The van der Waals surface area contributed by atoms with Crippen LogP contribution in [0.4, 0.5) is 4.39 Å². The SMILES string of the molecule is CCNC(Cc1ccc(F)cc1)c1ccccn1. The Balaban J connectivity index is 2.14. The third kappa shape index (κ3) is 3.37. The van der Waals surface area contributed by atoms with E-state index in [-0.39, 0.29) is 11.9 Å². The first kappa shape index (κ1) is 12.7. The summed E-state index contributed by atoms with van der Waals surface area (Å²) in [4.78, 5) is 4.37. The normalized spacial score (nSPS) is 12.3. The van der Waals surface area contributed by atoms with Gasteiger partial charge in [0.05, 0.1) is 11.7 Å². The molecule has 2 aromatic rings. The van der Waals surface area contributed by atoms with Crippen molar-refractivity contribution in [2.24, 2.45) is 0 Å². The second kappa shape index (κ2) is 6.26. The molecule has 2 rings (SSSR count). The van der Waals surface area contributed by atoms with Gasteiger partial charge in [0.2, 0.25) is 0 Å². The highest BCUT2D eigenvalue weighted by molar-refractivity contribution is 5.20. The van der Waals surface area contributed by atoms with Gasteiger partial charge in [-0.05, 0) is 42.8 Å². The van der Waals surface area contributed by atoms with Crippen molar-refractivity contribution in [3.8, 4) is 0 Å². The second-order valence-corrected chi connectivity index (χ2v) is 4.20. The van der Waals surface area contributed by atoms with Gasteiger partial charge in [-0.2, -0.15) is 0 Å². The predicted octanol–water partition coefficient (Wildman–Crippen LogP) is 3.11. The molecule has 94 valence electrons. The van der Waals surface area contributed by atoms with Crippen LogP contribution >= 0.6 is 0 Å². The first-order valence-electron chi connectivity index (χ1n) is 6.18. The van der Waals surface area contributed by atoms with Crippen LogP contribution in [-0.2, 0) is 6.42 Å². The lowest BCUT2D eigenvalue weighted by Crippen LogP contribution is -2.23. The number of likely N-dealkylation sites (N-methyl/N-ethyl adjacent to an activating group) is 1. The van der Waals surface area contributed by atoms with Crippen LogP contribution in [0.15, 0.2) is 48.7 Å². The number of pyridine rings is 1. The van der Waals surface area contributed by atoms with Crippen molar-refractivity contribution in [3.63, 3.8) is 0 Å². The molecule has 0 saturated carbocycles. The first-order chi connectivity index (χ1) is 8.79. The fraction of sp³-hybridized carbons (Fsp3) is 0.267. The number of halogens is 1. The molecule has 0 spiro atoms. The third-order valence-corrected chi connectivity index (χ3v) is 2.85. The zero-order valence-corrected chi connectivity index (χ0v) is 10.4. The van der Waals surface area contributed by atoms with E-state index in [1.54, 1.807) is 6.20 Å². The van der Waals surface area contributed by atoms with Crippen LogP contribution in [0.25, 0.3) is 0 Å². The van der Waals surface area contributed by atoms with Gasteiger partial charge in [-0.1, -0.05) is 25.1 Å². The zero-order chi connectivity index (χ0) is 12.8. The summed E-state index contributed by atoms with van der Waals surface area (Å²) >= 11 is 0. The van der Waals surface area contributed by atoms with Gasteiger partial charge in [0.15, 0.2) is 0 Å². The van der Waals surface area contributed by atoms with Crippen LogP contribution < -0.4 is 5.32 Å². The number of nitrogens with zero attached hydrogens (tertiary/aromatic N) is 1.